The van der Waals surface area contributed by atoms with Crippen LogP contribution >= 0.6 is 0 Å². The van der Waals surface area contributed by atoms with Crippen LogP contribution in [-0.2, 0) is 10.2 Å². The van der Waals surface area contributed by atoms with Crippen LogP contribution in [0.5, 0.6) is 0 Å². The van der Waals surface area contributed by atoms with Crippen LogP contribution in [0.1, 0.15) is 0 Å². The maximum Gasteiger partial charge on any atom is 0.332 e. The van der Waals surface area contributed by atoms with E-state index in [4.69, 9.17) is 0 Å². The van der Waals surface area contributed by atoms with Crippen molar-refractivity contribution in [3.05, 3.63) is 54.6 Å². The summed E-state index contributed by atoms with van der Waals surface area (Å²) in [6, 6.07) is 15.5. The standard InChI is InChI=1S/C14H10FNO2S/c15-19(17,18)12-7-5-10(6-8-12)14-9-11-3-1-2-4-13(11)16-14/h1-9,16H. The average Bonchev–Trinajstić information content (AvgIpc) is 2.81. The molecule has 0 saturated carbocycles. The molecule has 0 aliphatic rings. The van der Waals surface area contributed by atoms with Gasteiger partial charge in [0.2, 0.25) is 0 Å². The molecule has 0 atom stereocenters. The van der Waals surface area contributed by atoms with Gasteiger partial charge >= 0.3 is 10.2 Å². The van der Waals surface area contributed by atoms with Crippen molar-refractivity contribution < 1.29 is 12.3 Å². The number of aromatic nitrogens is 1. The number of hydrogen-bond acceptors (Lipinski definition) is 2. The highest BCUT2D eigenvalue weighted by molar-refractivity contribution is 7.86. The molecule has 96 valence electrons. The molecule has 1 N–H and O–H groups in total. The second kappa shape index (κ2) is 4.20. The number of benzene rings is 2. The molecule has 0 aliphatic carbocycles. The Kier molecular flexibility index (Phi) is 2.64. The quantitative estimate of drug-likeness (QED) is 0.728. The molecule has 3 aromatic rings. The van der Waals surface area contributed by atoms with Crippen LogP contribution in [0.2, 0.25) is 0 Å². The summed E-state index contributed by atoms with van der Waals surface area (Å²) < 4.78 is 34.3. The molecule has 0 saturated heterocycles. The van der Waals surface area contributed by atoms with E-state index in [2.05, 4.69) is 4.98 Å². The number of halogens is 1. The van der Waals surface area contributed by atoms with Crippen LogP contribution in [0.3, 0.4) is 0 Å². The molecular weight excluding hydrogens is 265 g/mol. The van der Waals surface area contributed by atoms with Gasteiger partial charge in [-0.15, -0.1) is 3.89 Å². The van der Waals surface area contributed by atoms with Crippen molar-refractivity contribution >= 4 is 21.1 Å². The normalized spacial score (nSPS) is 11.8. The smallest absolute Gasteiger partial charge is 0.332 e. The molecule has 0 amide bonds. The fraction of sp³-hybridized carbons (Fsp3) is 0. The highest BCUT2D eigenvalue weighted by Crippen LogP contribution is 2.25. The van der Waals surface area contributed by atoms with Crippen molar-refractivity contribution in [2.75, 3.05) is 0 Å². The molecule has 1 aromatic heterocycles. The number of H-pyrrole nitrogens is 1. The predicted octanol–water partition coefficient (Wildman–Crippen LogP) is 3.49. The molecular formula is C14H10FNO2S. The summed E-state index contributed by atoms with van der Waals surface area (Å²) >= 11 is 0. The summed E-state index contributed by atoms with van der Waals surface area (Å²) in [7, 11) is -4.64. The minimum Gasteiger partial charge on any atom is -0.355 e. The Morgan fingerprint density at radius 2 is 1.63 bits per heavy atom. The first kappa shape index (κ1) is 11.9. The highest BCUT2D eigenvalue weighted by Gasteiger charge is 2.11. The van der Waals surface area contributed by atoms with E-state index >= 15 is 0 Å². The fourth-order valence-corrected chi connectivity index (χ4v) is 2.49. The molecule has 0 unspecified atom stereocenters. The fourth-order valence-electron chi connectivity index (χ4n) is 2.03. The largest absolute Gasteiger partial charge is 0.355 e. The lowest BCUT2D eigenvalue weighted by molar-refractivity contribution is 0.552. The molecule has 0 bridgehead atoms. The lowest BCUT2D eigenvalue weighted by Crippen LogP contribution is -1.91. The van der Waals surface area contributed by atoms with Gasteiger partial charge in [0, 0.05) is 16.6 Å². The van der Waals surface area contributed by atoms with Gasteiger partial charge < -0.3 is 4.98 Å². The molecule has 3 nitrogen and oxygen atoms in total. The van der Waals surface area contributed by atoms with Crippen LogP contribution in [-0.4, -0.2) is 13.4 Å². The Morgan fingerprint density at radius 3 is 2.26 bits per heavy atom. The van der Waals surface area contributed by atoms with E-state index in [1.807, 2.05) is 30.3 Å². The topological polar surface area (TPSA) is 49.9 Å². The van der Waals surface area contributed by atoms with Crippen molar-refractivity contribution in [1.29, 1.82) is 0 Å². The third-order valence-corrected chi connectivity index (χ3v) is 3.81. The minimum absolute atomic E-state index is 0.327. The molecule has 0 fully saturated rings. The SMILES string of the molecule is O=S(=O)(F)c1ccc(-c2cc3ccccc3[nH]2)cc1. The second-order valence-electron chi connectivity index (χ2n) is 4.23. The maximum atomic E-state index is 12.8. The zero-order chi connectivity index (χ0) is 13.5. The molecule has 2 aromatic carbocycles. The van der Waals surface area contributed by atoms with E-state index in [9.17, 15) is 12.3 Å². The van der Waals surface area contributed by atoms with Crippen molar-refractivity contribution in [1.82, 2.24) is 4.98 Å². The first-order valence-corrected chi connectivity index (χ1v) is 7.05. The molecule has 5 heteroatoms. The average molecular weight is 275 g/mol. The van der Waals surface area contributed by atoms with E-state index in [1.165, 1.54) is 12.1 Å². The summed E-state index contributed by atoms with van der Waals surface area (Å²) in [5, 5.41) is 1.07. The molecule has 0 aliphatic heterocycles. The van der Waals surface area contributed by atoms with Gasteiger partial charge in [0.15, 0.2) is 0 Å². The van der Waals surface area contributed by atoms with Gasteiger partial charge in [0.1, 0.15) is 0 Å². The van der Waals surface area contributed by atoms with Crippen LogP contribution in [0.15, 0.2) is 59.5 Å². The maximum absolute atomic E-state index is 12.8. The van der Waals surface area contributed by atoms with E-state index in [1.54, 1.807) is 12.1 Å². The van der Waals surface area contributed by atoms with Gasteiger partial charge in [0.25, 0.3) is 0 Å². The van der Waals surface area contributed by atoms with E-state index < -0.39 is 10.2 Å². The molecule has 1 heterocycles. The Labute approximate surface area is 109 Å². The van der Waals surface area contributed by atoms with Gasteiger partial charge in [0.05, 0.1) is 4.90 Å². The molecule has 0 radical (unpaired) electrons. The summed E-state index contributed by atoms with van der Waals surface area (Å²) in [4.78, 5) is 2.90. The number of para-hydroxylation sites is 1. The third-order valence-electron chi connectivity index (χ3n) is 2.98. The molecule has 3 rings (SSSR count). The highest BCUT2D eigenvalue weighted by atomic mass is 32.3. The molecule has 19 heavy (non-hydrogen) atoms. The van der Waals surface area contributed by atoms with Gasteiger partial charge in [-0.3, -0.25) is 0 Å². The molecule has 0 spiro atoms. The first-order chi connectivity index (χ1) is 9.04. The van der Waals surface area contributed by atoms with Crippen LogP contribution < -0.4 is 0 Å². The van der Waals surface area contributed by atoms with Gasteiger partial charge in [-0.25, -0.2) is 0 Å². The van der Waals surface area contributed by atoms with Crippen LogP contribution in [0.25, 0.3) is 22.2 Å². The number of fused-ring (bicyclic) bond motifs is 1. The van der Waals surface area contributed by atoms with Gasteiger partial charge in [-0.05, 0) is 29.8 Å². The zero-order valence-corrected chi connectivity index (χ0v) is 10.6. The lowest BCUT2D eigenvalue weighted by atomic mass is 10.1. The zero-order valence-electron chi connectivity index (χ0n) is 9.80. The van der Waals surface area contributed by atoms with Crippen molar-refractivity contribution in [3.8, 4) is 11.3 Å². The summed E-state index contributed by atoms with van der Waals surface area (Å²) in [5.74, 6) is 0. The number of rotatable bonds is 2. The van der Waals surface area contributed by atoms with E-state index in [0.29, 0.717) is 0 Å². The first-order valence-electron chi connectivity index (χ1n) is 5.67. The van der Waals surface area contributed by atoms with Gasteiger partial charge in [-0.2, -0.15) is 8.42 Å². The third kappa shape index (κ3) is 2.24. The monoisotopic (exact) mass is 275 g/mol. The Hall–Kier alpha value is -2.14. The Morgan fingerprint density at radius 1 is 0.947 bits per heavy atom. The van der Waals surface area contributed by atoms with Crippen molar-refractivity contribution in [3.63, 3.8) is 0 Å². The lowest BCUT2D eigenvalue weighted by Gasteiger charge is -1.99. The van der Waals surface area contributed by atoms with E-state index in [0.717, 1.165) is 22.2 Å². The van der Waals surface area contributed by atoms with Crippen molar-refractivity contribution in [2.24, 2.45) is 0 Å². The minimum atomic E-state index is -4.64. The number of nitrogens with one attached hydrogen (secondary N) is 1. The van der Waals surface area contributed by atoms with Crippen molar-refractivity contribution in [2.45, 2.75) is 4.90 Å². The van der Waals surface area contributed by atoms with Crippen LogP contribution in [0.4, 0.5) is 3.89 Å². The summed E-state index contributed by atoms with van der Waals surface area (Å²) in [6.45, 7) is 0. The summed E-state index contributed by atoms with van der Waals surface area (Å²) in [5.41, 5.74) is 2.67. The second-order valence-corrected chi connectivity index (χ2v) is 5.58. The Bertz CT molecular complexity index is 802. The van der Waals surface area contributed by atoms with Crippen LogP contribution in [0, 0.1) is 0 Å². The number of aromatic amines is 1. The Balaban J connectivity index is 2.07. The number of hydrogen-bond donors (Lipinski definition) is 1. The predicted molar refractivity (Wildman–Crippen MR) is 72.0 cm³/mol. The summed E-state index contributed by atoms with van der Waals surface area (Å²) in [6.07, 6.45) is 0. The van der Waals surface area contributed by atoms with E-state index in [-0.39, 0.29) is 4.90 Å². The van der Waals surface area contributed by atoms with Gasteiger partial charge in [-0.1, -0.05) is 30.3 Å².